The second-order valence-corrected chi connectivity index (χ2v) is 4.25. The Morgan fingerprint density at radius 1 is 1.44 bits per heavy atom. The molecule has 3 nitrogen and oxygen atoms in total. The molecule has 1 unspecified atom stereocenters. The SMILES string of the molecule is CCC(NCCOc1cccnc1)C(C)C. The van der Waals surface area contributed by atoms with Gasteiger partial charge >= 0.3 is 0 Å². The van der Waals surface area contributed by atoms with Gasteiger partial charge in [0.05, 0.1) is 6.20 Å². The molecule has 0 aliphatic heterocycles. The van der Waals surface area contributed by atoms with Gasteiger partial charge in [-0.15, -0.1) is 0 Å². The highest BCUT2D eigenvalue weighted by atomic mass is 16.5. The first kappa shape index (κ1) is 13.0. The lowest BCUT2D eigenvalue weighted by molar-refractivity contribution is 0.289. The molecule has 0 aliphatic carbocycles. The molecular weight excluding hydrogens is 200 g/mol. The van der Waals surface area contributed by atoms with Gasteiger partial charge in [-0.3, -0.25) is 4.98 Å². The molecule has 0 bridgehead atoms. The number of aromatic nitrogens is 1. The van der Waals surface area contributed by atoms with Crippen LogP contribution in [0.1, 0.15) is 27.2 Å². The van der Waals surface area contributed by atoms with Gasteiger partial charge in [-0.1, -0.05) is 20.8 Å². The van der Waals surface area contributed by atoms with Crippen LogP contribution in [-0.2, 0) is 0 Å². The molecule has 0 spiro atoms. The maximum Gasteiger partial charge on any atom is 0.137 e. The van der Waals surface area contributed by atoms with Crippen LogP contribution in [0.5, 0.6) is 5.75 Å². The lowest BCUT2D eigenvalue weighted by Crippen LogP contribution is -2.35. The Morgan fingerprint density at radius 3 is 2.81 bits per heavy atom. The van der Waals surface area contributed by atoms with Crippen LogP contribution in [0.3, 0.4) is 0 Å². The maximum atomic E-state index is 5.56. The summed E-state index contributed by atoms with van der Waals surface area (Å²) in [6.07, 6.45) is 4.64. The third-order valence-corrected chi connectivity index (χ3v) is 2.66. The van der Waals surface area contributed by atoms with Crippen LogP contribution in [0.15, 0.2) is 24.5 Å². The van der Waals surface area contributed by atoms with Gasteiger partial charge in [-0.05, 0) is 24.5 Å². The van der Waals surface area contributed by atoms with Crippen molar-refractivity contribution < 1.29 is 4.74 Å². The number of pyridine rings is 1. The van der Waals surface area contributed by atoms with E-state index in [0.717, 1.165) is 18.7 Å². The van der Waals surface area contributed by atoms with E-state index in [1.807, 2.05) is 12.1 Å². The van der Waals surface area contributed by atoms with Crippen LogP contribution in [0.2, 0.25) is 0 Å². The fourth-order valence-electron chi connectivity index (χ4n) is 1.70. The largest absolute Gasteiger partial charge is 0.491 e. The molecule has 0 saturated heterocycles. The molecule has 3 heteroatoms. The molecule has 0 fully saturated rings. The van der Waals surface area contributed by atoms with Crippen molar-refractivity contribution in [3.05, 3.63) is 24.5 Å². The molecule has 0 aliphatic rings. The normalized spacial score (nSPS) is 12.8. The Kier molecular flexibility index (Phi) is 5.86. The highest BCUT2D eigenvalue weighted by Crippen LogP contribution is 2.06. The van der Waals surface area contributed by atoms with Crippen LogP contribution in [0.4, 0.5) is 0 Å². The minimum absolute atomic E-state index is 0.581. The molecule has 1 atom stereocenters. The van der Waals surface area contributed by atoms with Crippen molar-refractivity contribution in [3.8, 4) is 5.75 Å². The topological polar surface area (TPSA) is 34.1 Å². The first-order valence-electron chi connectivity index (χ1n) is 6.00. The predicted molar refractivity (Wildman–Crippen MR) is 66.7 cm³/mol. The highest BCUT2D eigenvalue weighted by Gasteiger charge is 2.08. The molecular formula is C13H22N2O. The molecule has 16 heavy (non-hydrogen) atoms. The fraction of sp³-hybridized carbons (Fsp3) is 0.615. The zero-order valence-corrected chi connectivity index (χ0v) is 10.4. The number of nitrogens with one attached hydrogen (secondary N) is 1. The van der Waals surface area contributed by atoms with E-state index in [-0.39, 0.29) is 0 Å². The van der Waals surface area contributed by atoms with Crippen molar-refractivity contribution >= 4 is 0 Å². The Labute approximate surface area is 98.2 Å². The molecule has 1 heterocycles. The summed E-state index contributed by atoms with van der Waals surface area (Å²) in [4.78, 5) is 4.00. The van der Waals surface area contributed by atoms with Crippen molar-refractivity contribution in [3.63, 3.8) is 0 Å². The van der Waals surface area contributed by atoms with E-state index in [0.29, 0.717) is 18.6 Å². The quantitative estimate of drug-likeness (QED) is 0.720. The monoisotopic (exact) mass is 222 g/mol. The van der Waals surface area contributed by atoms with Gasteiger partial charge in [0, 0.05) is 18.8 Å². The van der Waals surface area contributed by atoms with E-state index in [1.165, 1.54) is 0 Å². The molecule has 1 aromatic heterocycles. The summed E-state index contributed by atoms with van der Waals surface area (Å²) < 4.78 is 5.56. The summed E-state index contributed by atoms with van der Waals surface area (Å²) in [5.41, 5.74) is 0. The van der Waals surface area contributed by atoms with Gasteiger partial charge < -0.3 is 10.1 Å². The van der Waals surface area contributed by atoms with Crippen molar-refractivity contribution in [1.29, 1.82) is 0 Å². The summed E-state index contributed by atoms with van der Waals surface area (Å²) >= 11 is 0. The van der Waals surface area contributed by atoms with Crippen molar-refractivity contribution in [2.24, 2.45) is 5.92 Å². The van der Waals surface area contributed by atoms with Crippen LogP contribution in [0.25, 0.3) is 0 Å². The van der Waals surface area contributed by atoms with Gasteiger partial charge in [-0.2, -0.15) is 0 Å². The molecule has 90 valence electrons. The molecule has 0 aromatic carbocycles. The van der Waals surface area contributed by atoms with Crippen LogP contribution >= 0.6 is 0 Å². The number of nitrogens with zero attached hydrogens (tertiary/aromatic N) is 1. The summed E-state index contributed by atoms with van der Waals surface area (Å²) in [6, 6.07) is 4.39. The average Bonchev–Trinajstić information content (AvgIpc) is 2.30. The number of hydrogen-bond acceptors (Lipinski definition) is 3. The van der Waals surface area contributed by atoms with E-state index in [2.05, 4.69) is 31.1 Å². The van der Waals surface area contributed by atoms with Crippen LogP contribution in [-0.4, -0.2) is 24.2 Å². The zero-order valence-electron chi connectivity index (χ0n) is 10.4. The first-order chi connectivity index (χ1) is 7.74. The Bertz CT molecular complexity index is 275. The minimum atomic E-state index is 0.581. The summed E-state index contributed by atoms with van der Waals surface area (Å²) in [7, 11) is 0. The summed E-state index contributed by atoms with van der Waals surface area (Å²) in [5.74, 6) is 1.50. The third-order valence-electron chi connectivity index (χ3n) is 2.66. The van der Waals surface area contributed by atoms with Gasteiger partial charge in [0.2, 0.25) is 0 Å². The molecule has 0 amide bonds. The minimum Gasteiger partial charge on any atom is -0.491 e. The van der Waals surface area contributed by atoms with E-state index >= 15 is 0 Å². The van der Waals surface area contributed by atoms with Gasteiger partial charge in [0.25, 0.3) is 0 Å². The second-order valence-electron chi connectivity index (χ2n) is 4.25. The number of rotatable bonds is 7. The highest BCUT2D eigenvalue weighted by molar-refractivity contribution is 5.15. The molecule has 1 aromatic rings. The molecule has 0 saturated carbocycles. The lowest BCUT2D eigenvalue weighted by atomic mass is 10.0. The maximum absolute atomic E-state index is 5.56. The van der Waals surface area contributed by atoms with Crippen LogP contribution < -0.4 is 10.1 Å². The standard InChI is InChI=1S/C13H22N2O/c1-4-13(11(2)3)15-8-9-16-12-6-5-7-14-10-12/h5-7,10-11,13,15H,4,8-9H2,1-3H3. The van der Waals surface area contributed by atoms with Crippen molar-refractivity contribution in [1.82, 2.24) is 10.3 Å². The summed E-state index contributed by atoms with van der Waals surface area (Å²) in [5, 5.41) is 3.49. The van der Waals surface area contributed by atoms with Crippen molar-refractivity contribution in [2.45, 2.75) is 33.2 Å². The van der Waals surface area contributed by atoms with Gasteiger partial charge in [-0.25, -0.2) is 0 Å². The second kappa shape index (κ2) is 7.23. The average molecular weight is 222 g/mol. The smallest absolute Gasteiger partial charge is 0.137 e. The van der Waals surface area contributed by atoms with E-state index in [1.54, 1.807) is 12.4 Å². The van der Waals surface area contributed by atoms with Gasteiger partial charge in [0.1, 0.15) is 12.4 Å². The van der Waals surface area contributed by atoms with Crippen molar-refractivity contribution in [2.75, 3.05) is 13.2 Å². The Balaban J connectivity index is 2.16. The summed E-state index contributed by atoms with van der Waals surface area (Å²) in [6.45, 7) is 8.26. The number of hydrogen-bond donors (Lipinski definition) is 1. The predicted octanol–water partition coefficient (Wildman–Crippen LogP) is 2.48. The molecule has 1 N–H and O–H groups in total. The van der Waals surface area contributed by atoms with E-state index < -0.39 is 0 Å². The van der Waals surface area contributed by atoms with E-state index in [9.17, 15) is 0 Å². The lowest BCUT2D eigenvalue weighted by Gasteiger charge is -2.20. The van der Waals surface area contributed by atoms with E-state index in [4.69, 9.17) is 4.74 Å². The molecule has 0 radical (unpaired) electrons. The van der Waals surface area contributed by atoms with Crippen LogP contribution in [0, 0.1) is 5.92 Å². The zero-order chi connectivity index (χ0) is 11.8. The fourth-order valence-corrected chi connectivity index (χ4v) is 1.70. The number of ether oxygens (including phenoxy) is 1. The Morgan fingerprint density at radius 2 is 2.25 bits per heavy atom. The Hall–Kier alpha value is -1.09. The van der Waals surface area contributed by atoms with Gasteiger partial charge in [0.15, 0.2) is 0 Å². The third kappa shape index (κ3) is 4.62. The molecule has 1 rings (SSSR count). The first-order valence-corrected chi connectivity index (χ1v) is 6.00.